The summed E-state index contributed by atoms with van der Waals surface area (Å²) in [7, 11) is 0. The molecule has 0 aromatic heterocycles. The molecule has 0 saturated heterocycles. The van der Waals surface area contributed by atoms with Crippen molar-refractivity contribution in [3.8, 4) is 0 Å². The molecule has 1 fully saturated rings. The van der Waals surface area contributed by atoms with Gasteiger partial charge in [-0.2, -0.15) is 22.0 Å². The van der Waals surface area contributed by atoms with Crippen LogP contribution in [0.4, 0.5) is 22.0 Å². The average Bonchev–Trinajstić information content (AvgIpc) is 2.42. The van der Waals surface area contributed by atoms with E-state index in [1.165, 1.54) is 6.42 Å². The maximum atomic E-state index is 13.0. The summed E-state index contributed by atoms with van der Waals surface area (Å²) in [5.74, 6) is -7.27. The third-order valence-electron chi connectivity index (χ3n) is 3.82. The Kier molecular flexibility index (Phi) is 7.03. The molecule has 1 unspecified atom stereocenters. The summed E-state index contributed by atoms with van der Waals surface area (Å²) in [6.45, 7) is 0.341. The lowest BCUT2D eigenvalue weighted by atomic mass is 9.96. The van der Waals surface area contributed by atoms with Gasteiger partial charge in [0.2, 0.25) is 0 Å². The van der Waals surface area contributed by atoms with Gasteiger partial charge >= 0.3 is 12.1 Å². The monoisotopic (exact) mass is 316 g/mol. The lowest BCUT2D eigenvalue weighted by Gasteiger charge is -2.25. The van der Waals surface area contributed by atoms with Gasteiger partial charge in [-0.15, -0.1) is 0 Å². The smallest absolute Gasteiger partial charge is 0.378 e. The van der Waals surface area contributed by atoms with Crippen LogP contribution in [0.5, 0.6) is 0 Å². The van der Waals surface area contributed by atoms with Crippen LogP contribution in [0.25, 0.3) is 0 Å². The number of hydrogen-bond acceptors (Lipinski definition) is 2. The average molecular weight is 316 g/mol. The predicted octanol–water partition coefficient (Wildman–Crippen LogP) is 4.52. The number of hydrogen-bond donors (Lipinski definition) is 0. The minimum atomic E-state index is -5.68. The molecule has 0 aliphatic heterocycles. The molecule has 21 heavy (non-hydrogen) atoms. The van der Waals surface area contributed by atoms with E-state index in [2.05, 4.69) is 0 Å². The molecule has 0 radical (unpaired) electrons. The van der Waals surface area contributed by atoms with Gasteiger partial charge in [-0.05, 0) is 25.7 Å². The molecule has 7 heteroatoms. The Morgan fingerprint density at radius 3 is 2.19 bits per heavy atom. The standard InChI is InChI=1S/C14H21F5O2/c15-13(16,14(17,18)19)11(10-20)6-4-5-9-21-12-7-2-1-3-8-12/h10-12H,1-9H2. The Morgan fingerprint density at radius 1 is 1.05 bits per heavy atom. The third-order valence-corrected chi connectivity index (χ3v) is 3.82. The second-order valence-corrected chi connectivity index (χ2v) is 5.49. The Bertz CT molecular complexity index is 311. The van der Waals surface area contributed by atoms with Crippen LogP contribution in [0, 0.1) is 5.92 Å². The molecule has 1 aliphatic rings. The zero-order chi connectivity index (χ0) is 15.9. The maximum Gasteiger partial charge on any atom is 0.454 e. The number of carbonyl (C=O) groups is 1. The van der Waals surface area contributed by atoms with Gasteiger partial charge in [0.15, 0.2) is 0 Å². The van der Waals surface area contributed by atoms with E-state index in [0.29, 0.717) is 13.0 Å². The minimum absolute atomic E-state index is 0.113. The van der Waals surface area contributed by atoms with Crippen molar-refractivity contribution in [2.45, 2.75) is 69.6 Å². The third kappa shape index (κ3) is 5.52. The van der Waals surface area contributed by atoms with Crippen molar-refractivity contribution in [1.29, 1.82) is 0 Å². The zero-order valence-electron chi connectivity index (χ0n) is 11.8. The van der Waals surface area contributed by atoms with Crippen LogP contribution in [0.2, 0.25) is 0 Å². The van der Waals surface area contributed by atoms with E-state index in [9.17, 15) is 26.7 Å². The van der Waals surface area contributed by atoms with E-state index < -0.39 is 24.4 Å². The van der Waals surface area contributed by atoms with E-state index in [1.807, 2.05) is 0 Å². The summed E-state index contributed by atoms with van der Waals surface area (Å²) in [6.07, 6.45) is -0.435. The minimum Gasteiger partial charge on any atom is -0.378 e. The molecule has 1 saturated carbocycles. The molecule has 0 aromatic rings. The summed E-state index contributed by atoms with van der Waals surface area (Å²) >= 11 is 0. The second-order valence-electron chi connectivity index (χ2n) is 5.49. The van der Waals surface area contributed by atoms with Crippen LogP contribution in [0.1, 0.15) is 51.4 Å². The normalized spacial score (nSPS) is 19.5. The van der Waals surface area contributed by atoms with E-state index in [-0.39, 0.29) is 18.8 Å². The van der Waals surface area contributed by atoms with Crippen molar-refractivity contribution >= 4 is 6.29 Å². The Hall–Kier alpha value is -0.720. The highest BCUT2D eigenvalue weighted by Gasteiger charge is 2.61. The molecular weight excluding hydrogens is 295 g/mol. The first-order valence-electron chi connectivity index (χ1n) is 7.30. The number of ether oxygens (including phenoxy) is 1. The van der Waals surface area contributed by atoms with Gasteiger partial charge in [-0.1, -0.05) is 25.7 Å². The SMILES string of the molecule is O=CC(CCCCOC1CCCCC1)C(F)(F)C(F)(F)F. The van der Waals surface area contributed by atoms with E-state index >= 15 is 0 Å². The molecule has 0 bridgehead atoms. The molecule has 0 aromatic carbocycles. The molecule has 2 nitrogen and oxygen atoms in total. The fraction of sp³-hybridized carbons (Fsp3) is 0.929. The summed E-state index contributed by atoms with van der Waals surface area (Å²) < 4.78 is 68.0. The Labute approximate surface area is 121 Å². The number of alkyl halides is 5. The fourth-order valence-electron chi connectivity index (χ4n) is 2.49. The predicted molar refractivity (Wildman–Crippen MR) is 67.2 cm³/mol. The lowest BCUT2D eigenvalue weighted by Crippen LogP contribution is -2.44. The van der Waals surface area contributed by atoms with Crippen molar-refractivity contribution in [1.82, 2.24) is 0 Å². The number of carbonyl (C=O) groups excluding carboxylic acids is 1. The highest BCUT2D eigenvalue weighted by Crippen LogP contribution is 2.42. The van der Waals surface area contributed by atoms with Gasteiger partial charge in [0.25, 0.3) is 0 Å². The van der Waals surface area contributed by atoms with Crippen molar-refractivity contribution in [3.63, 3.8) is 0 Å². The Morgan fingerprint density at radius 2 is 1.67 bits per heavy atom. The molecule has 0 amide bonds. The molecule has 124 valence electrons. The van der Waals surface area contributed by atoms with Crippen LogP contribution < -0.4 is 0 Å². The van der Waals surface area contributed by atoms with Crippen LogP contribution in [0.15, 0.2) is 0 Å². The van der Waals surface area contributed by atoms with E-state index in [1.54, 1.807) is 0 Å². The van der Waals surface area contributed by atoms with Gasteiger partial charge in [0, 0.05) is 6.61 Å². The number of aldehydes is 1. The Balaban J connectivity index is 2.24. The topological polar surface area (TPSA) is 26.3 Å². The first kappa shape index (κ1) is 18.3. The molecule has 1 atom stereocenters. The van der Waals surface area contributed by atoms with Crippen LogP contribution in [-0.2, 0) is 9.53 Å². The quantitative estimate of drug-likeness (QED) is 0.374. The summed E-state index contributed by atoms with van der Waals surface area (Å²) in [6, 6.07) is 0. The highest BCUT2D eigenvalue weighted by molar-refractivity contribution is 5.55. The highest BCUT2D eigenvalue weighted by atomic mass is 19.4. The van der Waals surface area contributed by atoms with Crippen molar-refractivity contribution in [2.24, 2.45) is 5.92 Å². The van der Waals surface area contributed by atoms with Gasteiger partial charge in [-0.3, -0.25) is 0 Å². The molecule has 0 N–H and O–H groups in total. The number of rotatable bonds is 8. The molecule has 1 aliphatic carbocycles. The van der Waals surface area contributed by atoms with Crippen molar-refractivity contribution in [2.75, 3.05) is 6.61 Å². The first-order chi connectivity index (χ1) is 9.79. The number of unbranched alkanes of at least 4 members (excludes halogenated alkanes) is 1. The molecular formula is C14H21F5O2. The van der Waals surface area contributed by atoms with Gasteiger partial charge in [0.1, 0.15) is 6.29 Å². The zero-order valence-corrected chi connectivity index (χ0v) is 11.8. The first-order valence-corrected chi connectivity index (χ1v) is 7.30. The van der Waals surface area contributed by atoms with E-state index in [4.69, 9.17) is 4.74 Å². The van der Waals surface area contributed by atoms with Gasteiger partial charge in [0.05, 0.1) is 12.0 Å². The second kappa shape index (κ2) is 8.06. The van der Waals surface area contributed by atoms with Crippen LogP contribution >= 0.6 is 0 Å². The largest absolute Gasteiger partial charge is 0.454 e. The number of halogens is 5. The molecule has 0 spiro atoms. The van der Waals surface area contributed by atoms with Gasteiger partial charge in [-0.25, -0.2) is 0 Å². The fourth-order valence-corrected chi connectivity index (χ4v) is 2.49. The van der Waals surface area contributed by atoms with Gasteiger partial charge < -0.3 is 9.53 Å². The summed E-state index contributed by atoms with van der Waals surface area (Å²) in [5.41, 5.74) is 0. The maximum absolute atomic E-state index is 13.0. The van der Waals surface area contributed by atoms with Crippen molar-refractivity contribution in [3.05, 3.63) is 0 Å². The van der Waals surface area contributed by atoms with Crippen molar-refractivity contribution < 1.29 is 31.5 Å². The van der Waals surface area contributed by atoms with E-state index in [0.717, 1.165) is 25.7 Å². The van der Waals surface area contributed by atoms with Crippen LogP contribution in [0.3, 0.4) is 0 Å². The summed E-state index contributed by atoms with van der Waals surface area (Å²) in [5, 5.41) is 0. The van der Waals surface area contributed by atoms with Crippen LogP contribution in [-0.4, -0.2) is 31.1 Å². The molecule has 1 rings (SSSR count). The summed E-state index contributed by atoms with van der Waals surface area (Å²) in [4.78, 5) is 10.5. The lowest BCUT2D eigenvalue weighted by molar-refractivity contribution is -0.297. The molecule has 0 heterocycles.